The second-order valence-electron chi connectivity index (χ2n) is 7.91. The fourth-order valence-electron chi connectivity index (χ4n) is 3.87. The minimum absolute atomic E-state index is 0.0321. The van der Waals surface area contributed by atoms with Crippen LogP contribution in [0.1, 0.15) is 33.1 Å². The second-order valence-corrected chi connectivity index (χ2v) is 7.91. The Kier molecular flexibility index (Phi) is 6.19. The number of imide groups is 1. The third-order valence-corrected chi connectivity index (χ3v) is 5.21. The fourth-order valence-corrected chi connectivity index (χ4v) is 3.87. The molecule has 9 heteroatoms. The number of halogens is 3. The van der Waals surface area contributed by atoms with Crippen molar-refractivity contribution in [1.29, 1.82) is 0 Å². The van der Waals surface area contributed by atoms with Gasteiger partial charge in [-0.3, -0.25) is 19.3 Å². The van der Waals surface area contributed by atoms with Crippen LogP contribution >= 0.6 is 0 Å². The van der Waals surface area contributed by atoms with Crippen molar-refractivity contribution < 1.29 is 32.3 Å². The average molecular weight is 424 g/mol. The molecule has 3 atom stereocenters. The van der Waals surface area contributed by atoms with Gasteiger partial charge in [0.15, 0.2) is 0 Å². The number of anilines is 1. The Morgan fingerprint density at radius 2 is 1.63 bits per heavy atom. The molecule has 0 bridgehead atoms. The standard InChI is InChI=1S/C21H23F3N2O4/c1-12(2)11-17(26-19(28)15-5-3-4-6-16(15)20(26)29)18(27)25-13-7-9-14(10-8-13)30-21(22,23)24/h3-4,7-10,12,15-17H,5-6,11H2,1-2H3,(H,25,27). The van der Waals surface area contributed by atoms with Gasteiger partial charge in [0, 0.05) is 5.69 Å². The van der Waals surface area contributed by atoms with Crippen molar-refractivity contribution in [1.82, 2.24) is 4.90 Å². The topological polar surface area (TPSA) is 75.7 Å². The molecule has 1 aromatic carbocycles. The van der Waals surface area contributed by atoms with E-state index in [0.29, 0.717) is 12.8 Å². The smallest absolute Gasteiger partial charge is 0.406 e. The molecular weight excluding hydrogens is 401 g/mol. The van der Waals surface area contributed by atoms with Gasteiger partial charge in [0.25, 0.3) is 0 Å². The highest BCUT2D eigenvalue weighted by molar-refractivity contribution is 6.10. The van der Waals surface area contributed by atoms with Crippen molar-refractivity contribution in [3.8, 4) is 5.75 Å². The van der Waals surface area contributed by atoms with Gasteiger partial charge >= 0.3 is 6.36 Å². The molecule has 30 heavy (non-hydrogen) atoms. The van der Waals surface area contributed by atoms with E-state index in [1.807, 2.05) is 26.0 Å². The predicted molar refractivity (Wildman–Crippen MR) is 102 cm³/mol. The fraction of sp³-hybridized carbons (Fsp3) is 0.476. The summed E-state index contributed by atoms with van der Waals surface area (Å²) in [6, 6.07) is 3.70. The highest BCUT2D eigenvalue weighted by Crippen LogP contribution is 2.37. The van der Waals surface area contributed by atoms with Crippen LogP contribution in [0.15, 0.2) is 36.4 Å². The molecule has 6 nitrogen and oxygen atoms in total. The molecule has 0 saturated carbocycles. The number of amides is 3. The van der Waals surface area contributed by atoms with Crippen LogP contribution in [0.25, 0.3) is 0 Å². The minimum Gasteiger partial charge on any atom is -0.406 e. The Hall–Kier alpha value is -2.84. The third kappa shape index (κ3) is 4.83. The molecule has 1 saturated heterocycles. The van der Waals surface area contributed by atoms with Crippen molar-refractivity contribution in [3.05, 3.63) is 36.4 Å². The average Bonchev–Trinajstić information content (AvgIpc) is 2.91. The van der Waals surface area contributed by atoms with Crippen LogP contribution in [0.2, 0.25) is 0 Å². The number of fused-ring (bicyclic) bond motifs is 1. The molecule has 1 aliphatic heterocycles. The van der Waals surface area contributed by atoms with Crippen LogP contribution in [0, 0.1) is 17.8 Å². The van der Waals surface area contributed by atoms with Crippen molar-refractivity contribution >= 4 is 23.4 Å². The lowest BCUT2D eigenvalue weighted by molar-refractivity contribution is -0.274. The Morgan fingerprint density at radius 1 is 1.10 bits per heavy atom. The highest BCUT2D eigenvalue weighted by atomic mass is 19.4. The molecule has 0 aromatic heterocycles. The summed E-state index contributed by atoms with van der Waals surface area (Å²) < 4.78 is 40.7. The van der Waals surface area contributed by atoms with Gasteiger partial charge < -0.3 is 10.1 Å². The summed E-state index contributed by atoms with van der Waals surface area (Å²) >= 11 is 0. The van der Waals surface area contributed by atoms with Gasteiger partial charge in [-0.05, 0) is 49.4 Å². The van der Waals surface area contributed by atoms with Crippen LogP contribution in [0.5, 0.6) is 5.75 Å². The first-order chi connectivity index (χ1) is 14.1. The van der Waals surface area contributed by atoms with E-state index in [1.165, 1.54) is 12.1 Å². The van der Waals surface area contributed by atoms with Crippen LogP contribution in [0.4, 0.5) is 18.9 Å². The van der Waals surface area contributed by atoms with Crippen LogP contribution in [0.3, 0.4) is 0 Å². The van der Waals surface area contributed by atoms with Crippen LogP contribution in [-0.4, -0.2) is 35.0 Å². The monoisotopic (exact) mass is 424 g/mol. The van der Waals surface area contributed by atoms with E-state index in [9.17, 15) is 27.6 Å². The van der Waals surface area contributed by atoms with E-state index in [0.717, 1.165) is 17.0 Å². The lowest BCUT2D eigenvalue weighted by Crippen LogP contribution is -2.48. The number of likely N-dealkylation sites (tertiary alicyclic amines) is 1. The Labute approximate surface area is 172 Å². The van der Waals surface area contributed by atoms with Crippen molar-refractivity contribution in [2.24, 2.45) is 17.8 Å². The third-order valence-electron chi connectivity index (χ3n) is 5.21. The number of ether oxygens (including phenoxy) is 1. The van der Waals surface area contributed by atoms with Crippen molar-refractivity contribution in [2.75, 3.05) is 5.32 Å². The summed E-state index contributed by atoms with van der Waals surface area (Å²) in [6.07, 6.45) is 0.168. The number of allylic oxidation sites excluding steroid dienone is 2. The van der Waals surface area contributed by atoms with Gasteiger partial charge in [-0.2, -0.15) is 0 Å². The number of rotatable bonds is 6. The van der Waals surface area contributed by atoms with E-state index in [-0.39, 0.29) is 29.8 Å². The molecule has 2 aliphatic rings. The lowest BCUT2D eigenvalue weighted by Gasteiger charge is -2.27. The van der Waals surface area contributed by atoms with Crippen molar-refractivity contribution in [3.63, 3.8) is 0 Å². The predicted octanol–water partition coefficient (Wildman–Crippen LogP) is 3.89. The quantitative estimate of drug-likeness (QED) is 0.555. The van der Waals surface area contributed by atoms with Crippen LogP contribution in [-0.2, 0) is 14.4 Å². The van der Waals surface area contributed by atoms with E-state index >= 15 is 0 Å². The highest BCUT2D eigenvalue weighted by Gasteiger charge is 2.51. The number of carbonyl (C=O) groups excluding carboxylic acids is 3. The zero-order chi connectivity index (χ0) is 22.1. The summed E-state index contributed by atoms with van der Waals surface area (Å²) in [5, 5.41) is 2.60. The molecule has 3 amide bonds. The molecule has 162 valence electrons. The number of nitrogens with one attached hydrogen (secondary N) is 1. The maximum atomic E-state index is 13.0. The van der Waals surface area contributed by atoms with Gasteiger partial charge in [0.2, 0.25) is 17.7 Å². The first-order valence-corrected chi connectivity index (χ1v) is 9.75. The van der Waals surface area contributed by atoms with E-state index in [4.69, 9.17) is 0 Å². The van der Waals surface area contributed by atoms with Gasteiger partial charge in [0.1, 0.15) is 11.8 Å². The molecule has 3 unspecified atom stereocenters. The summed E-state index contributed by atoms with van der Waals surface area (Å²) in [6.45, 7) is 3.76. The van der Waals surface area contributed by atoms with E-state index < -0.39 is 35.9 Å². The lowest BCUT2D eigenvalue weighted by atomic mass is 9.85. The minimum atomic E-state index is -4.81. The van der Waals surface area contributed by atoms with E-state index in [2.05, 4.69) is 10.1 Å². The zero-order valence-electron chi connectivity index (χ0n) is 16.6. The molecule has 1 heterocycles. The number of hydrogen-bond donors (Lipinski definition) is 1. The number of nitrogens with zero attached hydrogens (tertiary/aromatic N) is 1. The number of hydrogen-bond acceptors (Lipinski definition) is 4. The van der Waals surface area contributed by atoms with Gasteiger partial charge in [-0.1, -0.05) is 26.0 Å². The largest absolute Gasteiger partial charge is 0.573 e. The van der Waals surface area contributed by atoms with E-state index in [1.54, 1.807) is 0 Å². The molecular formula is C21H23F3N2O4. The summed E-state index contributed by atoms with van der Waals surface area (Å²) in [5.74, 6) is -2.51. The zero-order valence-corrected chi connectivity index (χ0v) is 16.6. The summed E-state index contributed by atoms with van der Waals surface area (Å²) in [4.78, 5) is 39.8. The molecule has 0 spiro atoms. The normalized spacial score (nSPS) is 22.3. The number of benzene rings is 1. The number of alkyl halides is 3. The van der Waals surface area contributed by atoms with Crippen molar-refractivity contribution in [2.45, 2.75) is 45.5 Å². The maximum Gasteiger partial charge on any atom is 0.573 e. The molecule has 1 aromatic rings. The Bertz CT molecular complexity index is 823. The Morgan fingerprint density at radius 3 is 2.10 bits per heavy atom. The molecule has 0 radical (unpaired) electrons. The Balaban J connectivity index is 1.76. The first-order valence-electron chi connectivity index (χ1n) is 9.75. The number of carbonyl (C=O) groups is 3. The van der Waals surface area contributed by atoms with Gasteiger partial charge in [-0.25, -0.2) is 0 Å². The second kappa shape index (κ2) is 8.49. The SMILES string of the molecule is CC(C)CC(C(=O)Nc1ccc(OC(F)(F)F)cc1)N1C(=O)C2CC=CCC2C1=O. The first kappa shape index (κ1) is 21.9. The molecule has 1 aliphatic carbocycles. The maximum absolute atomic E-state index is 13.0. The summed E-state index contributed by atoms with van der Waals surface area (Å²) in [7, 11) is 0. The molecule has 1 N–H and O–H groups in total. The summed E-state index contributed by atoms with van der Waals surface area (Å²) in [5.41, 5.74) is 0.237. The molecule has 3 rings (SSSR count). The van der Waals surface area contributed by atoms with Crippen LogP contribution < -0.4 is 10.1 Å². The molecule has 1 fully saturated rings. The van der Waals surface area contributed by atoms with Gasteiger partial charge in [-0.15, -0.1) is 13.2 Å². The van der Waals surface area contributed by atoms with Gasteiger partial charge in [0.05, 0.1) is 11.8 Å².